The Morgan fingerprint density at radius 1 is 1.22 bits per heavy atom. The van der Waals surface area contributed by atoms with E-state index in [-0.39, 0.29) is 0 Å². The van der Waals surface area contributed by atoms with E-state index < -0.39 is 12.4 Å². The van der Waals surface area contributed by atoms with Crippen molar-refractivity contribution < 1.29 is 14.3 Å². The standard InChI is InChI=1S/C18H20ClNO3/c1-4-20(15-8-6-5-7-9-15)14(3)22-18(21)23-17-12-13(2)10-11-16(17)19/h5-12,14H,4H2,1-3H3. The fourth-order valence-electron chi connectivity index (χ4n) is 2.27. The van der Waals surface area contributed by atoms with E-state index in [2.05, 4.69) is 0 Å². The van der Waals surface area contributed by atoms with Gasteiger partial charge < -0.3 is 14.4 Å². The van der Waals surface area contributed by atoms with Crippen molar-refractivity contribution in [2.45, 2.75) is 27.0 Å². The van der Waals surface area contributed by atoms with E-state index >= 15 is 0 Å². The maximum Gasteiger partial charge on any atom is 0.515 e. The highest BCUT2D eigenvalue weighted by molar-refractivity contribution is 6.32. The number of aryl methyl sites for hydroxylation is 1. The van der Waals surface area contributed by atoms with Crippen molar-refractivity contribution >= 4 is 23.4 Å². The quantitative estimate of drug-likeness (QED) is 0.436. The largest absolute Gasteiger partial charge is 0.515 e. The van der Waals surface area contributed by atoms with Crippen LogP contribution in [0.25, 0.3) is 0 Å². The average molecular weight is 334 g/mol. The predicted molar refractivity (Wildman–Crippen MR) is 92.2 cm³/mol. The van der Waals surface area contributed by atoms with Crippen LogP contribution in [0, 0.1) is 6.92 Å². The van der Waals surface area contributed by atoms with Gasteiger partial charge in [-0.25, -0.2) is 4.79 Å². The molecule has 122 valence electrons. The van der Waals surface area contributed by atoms with E-state index in [1.54, 1.807) is 19.1 Å². The number of rotatable bonds is 5. The Labute approximate surface area is 141 Å². The monoisotopic (exact) mass is 333 g/mol. The number of carbonyl (C=O) groups excluding carboxylic acids is 1. The van der Waals surface area contributed by atoms with Gasteiger partial charge in [-0.1, -0.05) is 35.9 Å². The molecule has 1 atom stereocenters. The van der Waals surface area contributed by atoms with Crippen LogP contribution in [-0.4, -0.2) is 18.9 Å². The molecule has 0 spiro atoms. The molecule has 4 nitrogen and oxygen atoms in total. The number of para-hydroxylation sites is 1. The van der Waals surface area contributed by atoms with Gasteiger partial charge in [-0.05, 0) is 50.6 Å². The molecule has 0 aliphatic rings. The second-order valence-corrected chi connectivity index (χ2v) is 5.53. The predicted octanol–water partition coefficient (Wildman–Crippen LogP) is 5.04. The van der Waals surface area contributed by atoms with Crippen molar-refractivity contribution in [2.75, 3.05) is 11.4 Å². The zero-order valence-electron chi connectivity index (χ0n) is 13.5. The summed E-state index contributed by atoms with van der Waals surface area (Å²) in [6, 6.07) is 15.0. The van der Waals surface area contributed by atoms with E-state index in [4.69, 9.17) is 21.1 Å². The Morgan fingerprint density at radius 3 is 2.57 bits per heavy atom. The number of nitrogens with zero attached hydrogens (tertiary/aromatic N) is 1. The van der Waals surface area contributed by atoms with Crippen LogP contribution < -0.4 is 9.64 Å². The van der Waals surface area contributed by atoms with Gasteiger partial charge >= 0.3 is 6.16 Å². The van der Waals surface area contributed by atoms with E-state index in [0.29, 0.717) is 17.3 Å². The summed E-state index contributed by atoms with van der Waals surface area (Å²) in [5.41, 5.74) is 1.92. The molecule has 0 radical (unpaired) electrons. The zero-order chi connectivity index (χ0) is 16.8. The molecule has 0 heterocycles. The maximum absolute atomic E-state index is 12.0. The van der Waals surface area contributed by atoms with E-state index in [1.807, 2.05) is 55.1 Å². The molecule has 0 bridgehead atoms. The van der Waals surface area contributed by atoms with Gasteiger partial charge in [0.1, 0.15) is 0 Å². The Balaban J connectivity index is 2.02. The summed E-state index contributed by atoms with van der Waals surface area (Å²) < 4.78 is 10.6. The minimum absolute atomic E-state index is 0.298. The molecule has 23 heavy (non-hydrogen) atoms. The highest BCUT2D eigenvalue weighted by atomic mass is 35.5. The maximum atomic E-state index is 12.0. The third-order valence-corrected chi connectivity index (χ3v) is 3.73. The first-order valence-electron chi connectivity index (χ1n) is 7.47. The summed E-state index contributed by atoms with van der Waals surface area (Å²) in [5, 5.41) is 0.371. The van der Waals surface area contributed by atoms with Gasteiger partial charge in [0.25, 0.3) is 0 Å². The van der Waals surface area contributed by atoms with Crippen LogP contribution in [0.2, 0.25) is 5.02 Å². The van der Waals surface area contributed by atoms with E-state index in [9.17, 15) is 4.79 Å². The number of hydrogen-bond acceptors (Lipinski definition) is 4. The molecule has 0 N–H and O–H groups in total. The molecule has 0 aliphatic carbocycles. The van der Waals surface area contributed by atoms with E-state index in [1.165, 1.54) is 0 Å². The van der Waals surface area contributed by atoms with Gasteiger partial charge in [-0.15, -0.1) is 0 Å². The van der Waals surface area contributed by atoms with Gasteiger partial charge in [-0.3, -0.25) is 0 Å². The van der Waals surface area contributed by atoms with Gasteiger partial charge in [0.2, 0.25) is 0 Å². The smallest absolute Gasteiger partial charge is 0.410 e. The van der Waals surface area contributed by atoms with Crippen LogP contribution in [0.4, 0.5) is 10.5 Å². The Hall–Kier alpha value is -2.20. The SMILES string of the molecule is CCN(c1ccccc1)C(C)OC(=O)Oc1cc(C)ccc1Cl. The highest BCUT2D eigenvalue weighted by Gasteiger charge is 2.19. The fraction of sp³-hybridized carbons (Fsp3) is 0.278. The Kier molecular flexibility index (Phi) is 5.88. The topological polar surface area (TPSA) is 38.8 Å². The number of halogens is 1. The Bertz CT molecular complexity index is 661. The molecule has 0 saturated carbocycles. The number of benzene rings is 2. The minimum atomic E-state index is -0.778. The molecule has 0 fully saturated rings. The summed E-state index contributed by atoms with van der Waals surface area (Å²) in [5.74, 6) is 0.298. The third kappa shape index (κ3) is 4.63. The van der Waals surface area contributed by atoms with Crippen LogP contribution >= 0.6 is 11.6 Å². The second-order valence-electron chi connectivity index (χ2n) is 5.12. The molecule has 2 rings (SSSR count). The summed E-state index contributed by atoms with van der Waals surface area (Å²) >= 11 is 6.02. The molecular weight excluding hydrogens is 314 g/mol. The number of ether oxygens (including phenoxy) is 2. The molecule has 0 aromatic heterocycles. The van der Waals surface area contributed by atoms with Gasteiger partial charge in [0.05, 0.1) is 5.02 Å². The van der Waals surface area contributed by atoms with Gasteiger partial charge in [0, 0.05) is 12.2 Å². The first-order valence-corrected chi connectivity index (χ1v) is 7.85. The van der Waals surface area contributed by atoms with Crippen molar-refractivity contribution in [1.82, 2.24) is 0 Å². The highest BCUT2D eigenvalue weighted by Crippen LogP contribution is 2.26. The summed E-state index contributed by atoms with van der Waals surface area (Å²) in [4.78, 5) is 14.0. The van der Waals surface area contributed by atoms with Crippen LogP contribution in [-0.2, 0) is 4.74 Å². The number of carbonyl (C=O) groups is 1. The normalized spacial score (nSPS) is 11.7. The van der Waals surface area contributed by atoms with Gasteiger partial charge in [0.15, 0.2) is 12.0 Å². The molecular formula is C18H20ClNO3. The first kappa shape index (κ1) is 17.2. The molecule has 0 amide bonds. The number of hydrogen-bond donors (Lipinski definition) is 0. The molecule has 2 aromatic carbocycles. The second kappa shape index (κ2) is 7.88. The minimum Gasteiger partial charge on any atom is -0.410 e. The van der Waals surface area contributed by atoms with Crippen LogP contribution in [0.5, 0.6) is 5.75 Å². The third-order valence-electron chi connectivity index (χ3n) is 3.41. The van der Waals surface area contributed by atoms with Crippen LogP contribution in [0.1, 0.15) is 19.4 Å². The lowest BCUT2D eigenvalue weighted by molar-refractivity contribution is 0.0645. The average Bonchev–Trinajstić information content (AvgIpc) is 2.52. The molecule has 5 heteroatoms. The summed E-state index contributed by atoms with van der Waals surface area (Å²) in [6.45, 7) is 6.39. The number of anilines is 1. The van der Waals surface area contributed by atoms with Crippen molar-refractivity contribution in [3.63, 3.8) is 0 Å². The van der Waals surface area contributed by atoms with Crippen molar-refractivity contribution in [2.24, 2.45) is 0 Å². The van der Waals surface area contributed by atoms with Crippen LogP contribution in [0.3, 0.4) is 0 Å². The Morgan fingerprint density at radius 2 is 1.91 bits per heavy atom. The van der Waals surface area contributed by atoms with Gasteiger partial charge in [-0.2, -0.15) is 0 Å². The lowest BCUT2D eigenvalue weighted by Gasteiger charge is -2.29. The molecule has 0 saturated heterocycles. The lowest BCUT2D eigenvalue weighted by Crippen LogP contribution is -2.37. The molecule has 2 aromatic rings. The molecule has 0 aliphatic heterocycles. The lowest BCUT2D eigenvalue weighted by atomic mass is 10.2. The van der Waals surface area contributed by atoms with Crippen molar-refractivity contribution in [1.29, 1.82) is 0 Å². The van der Waals surface area contributed by atoms with Crippen LogP contribution in [0.15, 0.2) is 48.5 Å². The summed E-state index contributed by atoms with van der Waals surface area (Å²) in [7, 11) is 0. The van der Waals surface area contributed by atoms with Crippen molar-refractivity contribution in [3.05, 3.63) is 59.1 Å². The van der Waals surface area contributed by atoms with E-state index in [0.717, 1.165) is 11.3 Å². The zero-order valence-corrected chi connectivity index (χ0v) is 14.2. The molecule has 1 unspecified atom stereocenters. The summed E-state index contributed by atoms with van der Waals surface area (Å²) in [6.07, 6.45) is -1.24. The van der Waals surface area contributed by atoms with Crippen molar-refractivity contribution in [3.8, 4) is 5.75 Å². The first-order chi connectivity index (χ1) is 11.0. The fourth-order valence-corrected chi connectivity index (χ4v) is 2.43.